The minimum atomic E-state index is -1.82. The Hall–Kier alpha value is -2.87. The molecule has 1 heterocycles. The number of fused-ring (bicyclic) bond motifs is 1. The van der Waals surface area contributed by atoms with E-state index in [4.69, 9.17) is 9.47 Å². The fourth-order valence-corrected chi connectivity index (χ4v) is 4.32. The summed E-state index contributed by atoms with van der Waals surface area (Å²) in [5.74, 6) is -1.90. The number of amides is 1. The molecule has 1 fully saturated rings. The third-order valence-electron chi connectivity index (χ3n) is 5.52. The van der Waals surface area contributed by atoms with Gasteiger partial charge in [0.25, 0.3) is 5.91 Å². The molecule has 1 aromatic carbocycles. The Labute approximate surface area is 163 Å². The average molecular weight is 388 g/mol. The van der Waals surface area contributed by atoms with Gasteiger partial charge in [-0.15, -0.1) is 0 Å². The molecule has 0 radical (unpaired) electrons. The van der Waals surface area contributed by atoms with Crippen molar-refractivity contribution in [1.29, 1.82) is 0 Å². The number of nitrogens with one attached hydrogen (secondary N) is 1. The second kappa shape index (κ2) is 7.27. The lowest BCUT2D eigenvalue weighted by atomic mass is 9.75. The van der Waals surface area contributed by atoms with Crippen LogP contribution in [0.15, 0.2) is 41.6 Å². The second-order valence-electron chi connectivity index (χ2n) is 6.89. The van der Waals surface area contributed by atoms with Crippen LogP contribution in [-0.2, 0) is 19.1 Å². The molecular weight excluding hydrogens is 364 g/mol. The van der Waals surface area contributed by atoms with Gasteiger partial charge in [-0.2, -0.15) is 0 Å². The van der Waals surface area contributed by atoms with E-state index in [0.717, 1.165) is 0 Å². The van der Waals surface area contributed by atoms with Crippen LogP contribution in [0.25, 0.3) is 0 Å². The van der Waals surface area contributed by atoms with Gasteiger partial charge in [0, 0.05) is 11.3 Å². The van der Waals surface area contributed by atoms with E-state index < -0.39 is 29.0 Å². The molecule has 2 atom stereocenters. The molecule has 2 aliphatic rings. The fraction of sp³-hybridized carbons (Fsp3) is 0.450. The van der Waals surface area contributed by atoms with Crippen LogP contribution in [0.5, 0.6) is 0 Å². The minimum absolute atomic E-state index is 0.0156. The molecule has 3 rings (SSSR count). The molecule has 8 nitrogen and oxygen atoms in total. The summed E-state index contributed by atoms with van der Waals surface area (Å²) in [6.07, 6.45) is 0.862. The summed E-state index contributed by atoms with van der Waals surface area (Å²) in [7, 11) is 1.21. The molecule has 28 heavy (non-hydrogen) atoms. The van der Waals surface area contributed by atoms with E-state index in [-0.39, 0.29) is 30.7 Å². The number of hydrogen-bond acceptors (Lipinski definition) is 7. The Morgan fingerprint density at radius 3 is 2.50 bits per heavy atom. The summed E-state index contributed by atoms with van der Waals surface area (Å²) in [6.45, 7) is 3.32. The van der Waals surface area contributed by atoms with Crippen molar-refractivity contribution in [3.63, 3.8) is 0 Å². The summed E-state index contributed by atoms with van der Waals surface area (Å²) in [4.78, 5) is 38.3. The first-order valence-corrected chi connectivity index (χ1v) is 9.19. The van der Waals surface area contributed by atoms with Gasteiger partial charge in [0.15, 0.2) is 11.1 Å². The number of carbonyl (C=O) groups is 3. The zero-order chi connectivity index (χ0) is 20.5. The van der Waals surface area contributed by atoms with Crippen LogP contribution >= 0.6 is 0 Å². The van der Waals surface area contributed by atoms with E-state index in [2.05, 4.69) is 5.43 Å². The van der Waals surface area contributed by atoms with E-state index in [1.165, 1.54) is 12.1 Å². The highest BCUT2D eigenvalue weighted by Crippen LogP contribution is 2.59. The number of rotatable bonds is 5. The van der Waals surface area contributed by atoms with Gasteiger partial charge in [0.2, 0.25) is 0 Å². The van der Waals surface area contributed by atoms with Crippen molar-refractivity contribution in [3.8, 4) is 0 Å². The third-order valence-corrected chi connectivity index (χ3v) is 5.52. The Balaban J connectivity index is 2.08. The molecule has 8 heteroatoms. The molecule has 1 saturated carbocycles. The molecule has 2 N–H and O–H groups in total. The normalized spacial score (nSPS) is 26.1. The van der Waals surface area contributed by atoms with Crippen LogP contribution in [0.4, 0.5) is 0 Å². The molecule has 0 aromatic heterocycles. The SMILES string of the molecule is CCOC(=O)C12CCCC1(O)N(NC(=O)c1ccccc1)C(C)=C2C(=O)OC. The van der Waals surface area contributed by atoms with Gasteiger partial charge in [0.05, 0.1) is 19.3 Å². The number of methoxy groups -OCH3 is 1. The Bertz CT molecular complexity index is 836. The molecule has 0 saturated heterocycles. The van der Waals surface area contributed by atoms with Crippen molar-refractivity contribution < 1.29 is 29.0 Å². The molecule has 0 bridgehead atoms. The second-order valence-corrected chi connectivity index (χ2v) is 6.89. The maximum Gasteiger partial charge on any atom is 0.336 e. The number of allylic oxidation sites excluding steroid dienone is 1. The maximum absolute atomic E-state index is 13.0. The van der Waals surface area contributed by atoms with Gasteiger partial charge >= 0.3 is 11.9 Å². The molecule has 1 aliphatic heterocycles. The molecule has 2 unspecified atom stereocenters. The number of nitrogens with zero attached hydrogens (tertiary/aromatic N) is 1. The highest BCUT2D eigenvalue weighted by molar-refractivity contribution is 6.01. The van der Waals surface area contributed by atoms with Crippen LogP contribution in [0.1, 0.15) is 43.5 Å². The fourth-order valence-electron chi connectivity index (χ4n) is 4.32. The summed E-state index contributed by atoms with van der Waals surface area (Å²) < 4.78 is 10.1. The first kappa shape index (κ1) is 19.9. The lowest BCUT2D eigenvalue weighted by Crippen LogP contribution is -2.61. The highest BCUT2D eigenvalue weighted by Gasteiger charge is 2.71. The number of esters is 2. The van der Waals surface area contributed by atoms with Crippen LogP contribution < -0.4 is 5.43 Å². The standard InChI is InChI=1S/C20H24N2O6/c1-4-28-18(25)19-11-8-12-20(19,26)22(13(2)15(19)17(24)27-3)21-16(23)14-9-6-5-7-10-14/h5-7,9-10,26H,4,8,11-12H2,1-3H3,(H,21,23). The Morgan fingerprint density at radius 1 is 1.21 bits per heavy atom. The maximum atomic E-state index is 13.0. The smallest absolute Gasteiger partial charge is 0.336 e. The van der Waals surface area contributed by atoms with Gasteiger partial charge < -0.3 is 14.6 Å². The lowest BCUT2D eigenvalue weighted by molar-refractivity contribution is -0.187. The molecule has 1 aliphatic carbocycles. The van der Waals surface area contributed by atoms with Crippen molar-refractivity contribution in [2.75, 3.05) is 13.7 Å². The number of ether oxygens (including phenoxy) is 2. The summed E-state index contributed by atoms with van der Waals surface area (Å²) in [5, 5.41) is 12.8. The van der Waals surface area contributed by atoms with E-state index in [1.807, 2.05) is 0 Å². The molecule has 150 valence electrons. The number of carbonyl (C=O) groups excluding carboxylic acids is 3. The zero-order valence-electron chi connectivity index (χ0n) is 16.2. The molecule has 0 spiro atoms. The average Bonchev–Trinajstić information content (AvgIpc) is 3.12. The predicted octanol–water partition coefficient (Wildman–Crippen LogP) is 1.52. The first-order chi connectivity index (χ1) is 13.3. The Morgan fingerprint density at radius 2 is 1.89 bits per heavy atom. The largest absolute Gasteiger partial charge is 0.466 e. The number of hydrazine groups is 1. The van der Waals surface area contributed by atoms with Crippen LogP contribution in [0, 0.1) is 5.41 Å². The van der Waals surface area contributed by atoms with Gasteiger partial charge in [0.1, 0.15) is 0 Å². The quantitative estimate of drug-likeness (QED) is 0.737. The van der Waals surface area contributed by atoms with Crippen LogP contribution in [-0.4, -0.2) is 47.4 Å². The van der Waals surface area contributed by atoms with Gasteiger partial charge in [-0.05, 0) is 45.2 Å². The highest BCUT2D eigenvalue weighted by atomic mass is 16.5. The lowest BCUT2D eigenvalue weighted by Gasteiger charge is -2.41. The molecule has 1 amide bonds. The van der Waals surface area contributed by atoms with E-state index in [0.29, 0.717) is 12.0 Å². The van der Waals surface area contributed by atoms with E-state index in [9.17, 15) is 19.5 Å². The zero-order valence-corrected chi connectivity index (χ0v) is 16.2. The van der Waals surface area contributed by atoms with Crippen LogP contribution in [0.2, 0.25) is 0 Å². The van der Waals surface area contributed by atoms with Crippen molar-refractivity contribution in [2.45, 2.75) is 38.8 Å². The molecular formula is C20H24N2O6. The summed E-state index contributed by atoms with van der Waals surface area (Å²) in [5.41, 5.74) is -0.133. The molecule has 1 aromatic rings. The third kappa shape index (κ3) is 2.67. The first-order valence-electron chi connectivity index (χ1n) is 9.19. The van der Waals surface area contributed by atoms with Crippen molar-refractivity contribution >= 4 is 17.8 Å². The predicted molar refractivity (Wildman–Crippen MR) is 98.3 cm³/mol. The van der Waals surface area contributed by atoms with E-state index in [1.54, 1.807) is 44.2 Å². The van der Waals surface area contributed by atoms with Gasteiger partial charge in [-0.25, -0.2) is 4.79 Å². The number of aliphatic hydroxyl groups is 1. The van der Waals surface area contributed by atoms with E-state index >= 15 is 0 Å². The summed E-state index contributed by atoms with van der Waals surface area (Å²) >= 11 is 0. The topological polar surface area (TPSA) is 105 Å². The Kier molecular flexibility index (Phi) is 5.16. The van der Waals surface area contributed by atoms with Crippen molar-refractivity contribution in [2.24, 2.45) is 5.41 Å². The van der Waals surface area contributed by atoms with Gasteiger partial charge in [-0.3, -0.25) is 20.0 Å². The minimum Gasteiger partial charge on any atom is -0.466 e. The van der Waals surface area contributed by atoms with Gasteiger partial charge in [-0.1, -0.05) is 18.2 Å². The monoisotopic (exact) mass is 388 g/mol. The number of hydrogen-bond donors (Lipinski definition) is 2. The number of benzene rings is 1. The van der Waals surface area contributed by atoms with Crippen molar-refractivity contribution in [3.05, 3.63) is 47.2 Å². The van der Waals surface area contributed by atoms with Crippen molar-refractivity contribution in [1.82, 2.24) is 10.4 Å². The van der Waals surface area contributed by atoms with Crippen LogP contribution in [0.3, 0.4) is 0 Å². The summed E-state index contributed by atoms with van der Waals surface area (Å²) in [6, 6.07) is 8.47.